The first-order chi connectivity index (χ1) is 15.7. The summed E-state index contributed by atoms with van der Waals surface area (Å²) in [6.45, 7) is 2.09. The number of hydrogen-bond acceptors (Lipinski definition) is 7. The summed E-state index contributed by atoms with van der Waals surface area (Å²) >= 11 is 0. The van der Waals surface area contributed by atoms with Crippen LogP contribution in [-0.2, 0) is 0 Å². The molecule has 0 saturated carbocycles. The predicted octanol–water partition coefficient (Wildman–Crippen LogP) is 2.06. The van der Waals surface area contributed by atoms with E-state index in [1.807, 2.05) is 10.2 Å². The van der Waals surface area contributed by atoms with Crippen LogP contribution in [0, 0.1) is 0 Å². The van der Waals surface area contributed by atoms with Crippen LogP contribution in [0.4, 0.5) is 35.4 Å². The van der Waals surface area contributed by atoms with Gasteiger partial charge in [0.1, 0.15) is 17.3 Å². The smallest absolute Gasteiger partial charge is 0.366 e. The number of imidazole rings is 1. The molecular formula is C19H18F3N9O2. The van der Waals surface area contributed by atoms with Gasteiger partial charge in [0.05, 0.1) is 24.3 Å². The van der Waals surface area contributed by atoms with Crippen molar-refractivity contribution in [3.05, 3.63) is 30.4 Å². The summed E-state index contributed by atoms with van der Waals surface area (Å²) in [4.78, 5) is 48.4. The minimum atomic E-state index is -4.59. The minimum Gasteiger partial charge on any atom is -0.366 e. The van der Waals surface area contributed by atoms with Crippen LogP contribution in [0.3, 0.4) is 0 Å². The second-order valence-electron chi connectivity index (χ2n) is 7.80. The fourth-order valence-electron chi connectivity index (χ4n) is 3.90. The third-order valence-corrected chi connectivity index (χ3v) is 5.64. The Morgan fingerprint density at radius 1 is 1.24 bits per heavy atom. The van der Waals surface area contributed by atoms with E-state index in [0.29, 0.717) is 36.4 Å². The number of aromatic amines is 1. The third kappa shape index (κ3) is 3.76. The van der Waals surface area contributed by atoms with E-state index in [9.17, 15) is 22.8 Å². The van der Waals surface area contributed by atoms with Crippen LogP contribution in [0.5, 0.6) is 0 Å². The van der Waals surface area contributed by atoms with Crippen LogP contribution in [0.15, 0.2) is 24.7 Å². The molecular weight excluding hydrogens is 443 g/mol. The molecule has 0 aliphatic carbocycles. The highest BCUT2D eigenvalue weighted by molar-refractivity contribution is 6.04. The van der Waals surface area contributed by atoms with Gasteiger partial charge in [0, 0.05) is 13.1 Å². The van der Waals surface area contributed by atoms with E-state index in [0.717, 1.165) is 6.92 Å². The van der Waals surface area contributed by atoms with Crippen LogP contribution in [0.2, 0.25) is 0 Å². The maximum absolute atomic E-state index is 13.2. The molecule has 3 N–H and O–H groups in total. The Labute approximate surface area is 184 Å². The number of halogens is 3. The monoisotopic (exact) mass is 461 g/mol. The second-order valence-corrected chi connectivity index (χ2v) is 7.80. The highest BCUT2D eigenvalue weighted by Crippen LogP contribution is 2.39. The molecule has 14 heteroatoms. The standard InChI is InChI=1S/C19H18F3N9O2/c1-9(19(20,21)22)26-16(32)11-2-3-13-15(27-11)31(10-4-5-30(13)7-10)18(33)29-17-23-6-12-14(28-17)25-8-24-12/h2-3,6,8-10H,4-5,7H2,1H3,(H,26,32)(H2,23,24,25,28,29,33)/t9-,10?/m1/s1. The number of hydrogen-bond donors (Lipinski definition) is 3. The third-order valence-electron chi connectivity index (χ3n) is 5.64. The Balaban J connectivity index is 1.43. The summed E-state index contributed by atoms with van der Waals surface area (Å²) in [5.74, 6) is -0.757. The van der Waals surface area contributed by atoms with Crippen molar-refractivity contribution in [1.29, 1.82) is 0 Å². The van der Waals surface area contributed by atoms with Gasteiger partial charge in [-0.15, -0.1) is 0 Å². The van der Waals surface area contributed by atoms with E-state index in [1.165, 1.54) is 23.5 Å². The van der Waals surface area contributed by atoms with Crippen LogP contribution in [-0.4, -0.2) is 68.2 Å². The number of rotatable bonds is 3. The highest BCUT2D eigenvalue weighted by atomic mass is 19.4. The largest absolute Gasteiger partial charge is 0.408 e. The molecule has 11 nitrogen and oxygen atoms in total. The van der Waals surface area contributed by atoms with Crippen molar-refractivity contribution in [2.45, 2.75) is 31.6 Å². The van der Waals surface area contributed by atoms with Crippen molar-refractivity contribution < 1.29 is 22.8 Å². The second kappa shape index (κ2) is 7.56. The van der Waals surface area contributed by atoms with Crippen LogP contribution < -0.4 is 20.4 Å². The van der Waals surface area contributed by atoms with Gasteiger partial charge >= 0.3 is 12.2 Å². The zero-order chi connectivity index (χ0) is 23.3. The average Bonchev–Trinajstić information content (AvgIpc) is 3.40. The molecule has 1 fully saturated rings. The lowest BCUT2D eigenvalue weighted by Gasteiger charge is -2.35. The number of urea groups is 1. The molecule has 2 aliphatic heterocycles. The van der Waals surface area contributed by atoms with Gasteiger partial charge in [-0.1, -0.05) is 0 Å². The quantitative estimate of drug-likeness (QED) is 0.544. The summed E-state index contributed by atoms with van der Waals surface area (Å²) < 4.78 is 38.5. The van der Waals surface area contributed by atoms with Crippen LogP contribution >= 0.6 is 0 Å². The van der Waals surface area contributed by atoms with Crippen LogP contribution in [0.25, 0.3) is 11.2 Å². The lowest BCUT2D eigenvalue weighted by atomic mass is 10.1. The molecule has 3 amide bonds. The normalized spacial score (nSPS) is 18.2. The number of anilines is 3. The molecule has 3 aromatic heterocycles. The van der Waals surface area contributed by atoms with E-state index in [1.54, 1.807) is 6.07 Å². The summed E-state index contributed by atoms with van der Waals surface area (Å²) in [5, 5.41) is 4.51. The van der Waals surface area contributed by atoms with E-state index >= 15 is 0 Å². The van der Waals surface area contributed by atoms with Crippen molar-refractivity contribution in [3.8, 4) is 0 Å². The minimum absolute atomic E-state index is 0.0366. The molecule has 0 radical (unpaired) electrons. The number of alkyl halides is 3. The molecule has 172 valence electrons. The van der Waals surface area contributed by atoms with Crippen molar-refractivity contribution in [2.75, 3.05) is 28.2 Å². The van der Waals surface area contributed by atoms with E-state index in [2.05, 4.69) is 30.2 Å². The molecule has 1 saturated heterocycles. The number of nitrogens with zero attached hydrogens (tertiary/aromatic N) is 6. The van der Waals surface area contributed by atoms with E-state index < -0.39 is 24.2 Å². The lowest BCUT2D eigenvalue weighted by molar-refractivity contribution is -0.149. The van der Waals surface area contributed by atoms with Crippen LogP contribution in [0.1, 0.15) is 23.8 Å². The number of amides is 3. The number of pyridine rings is 1. The van der Waals surface area contributed by atoms with Gasteiger partial charge in [0.2, 0.25) is 5.95 Å². The number of carbonyl (C=O) groups is 2. The van der Waals surface area contributed by atoms with Crippen molar-refractivity contribution >= 4 is 40.6 Å². The summed E-state index contributed by atoms with van der Waals surface area (Å²) in [6.07, 6.45) is -0.990. The number of carbonyl (C=O) groups excluding carboxylic acids is 2. The number of fused-ring (bicyclic) bond motifs is 5. The van der Waals surface area contributed by atoms with Gasteiger partial charge < -0.3 is 15.2 Å². The molecule has 5 rings (SSSR count). The maximum Gasteiger partial charge on any atom is 0.408 e. The molecule has 3 aromatic rings. The Morgan fingerprint density at radius 3 is 2.85 bits per heavy atom. The topological polar surface area (TPSA) is 132 Å². The molecule has 1 unspecified atom stereocenters. The first-order valence-electron chi connectivity index (χ1n) is 10.1. The Hall–Kier alpha value is -3.97. The van der Waals surface area contributed by atoms with Gasteiger partial charge in [-0.25, -0.2) is 19.7 Å². The summed E-state index contributed by atoms with van der Waals surface area (Å²) in [6, 6.07) is 0.0960. The maximum atomic E-state index is 13.2. The molecule has 2 atom stereocenters. The predicted molar refractivity (Wildman–Crippen MR) is 111 cm³/mol. The highest BCUT2D eigenvalue weighted by Gasteiger charge is 2.41. The van der Waals surface area contributed by atoms with Gasteiger partial charge in [0.25, 0.3) is 5.91 Å². The molecule has 0 aromatic carbocycles. The Bertz CT molecular complexity index is 1240. The lowest BCUT2D eigenvalue weighted by Crippen LogP contribution is -2.49. The Morgan fingerprint density at radius 2 is 2.06 bits per heavy atom. The Kier molecular flexibility index (Phi) is 4.79. The zero-order valence-electron chi connectivity index (χ0n) is 17.2. The molecule has 2 aliphatic rings. The average molecular weight is 461 g/mol. The van der Waals surface area contributed by atoms with Crippen molar-refractivity contribution in [2.24, 2.45) is 0 Å². The fraction of sp³-hybridized carbons (Fsp3) is 0.368. The molecule has 0 spiro atoms. The van der Waals surface area contributed by atoms with Gasteiger partial charge in [-0.3, -0.25) is 15.0 Å². The number of aromatic nitrogens is 5. The van der Waals surface area contributed by atoms with Gasteiger partial charge in [0.15, 0.2) is 11.5 Å². The van der Waals surface area contributed by atoms with Gasteiger partial charge in [-0.05, 0) is 25.5 Å². The van der Waals surface area contributed by atoms with Crippen molar-refractivity contribution in [1.82, 2.24) is 30.2 Å². The zero-order valence-corrected chi connectivity index (χ0v) is 17.2. The molecule has 2 bridgehead atoms. The summed E-state index contributed by atoms with van der Waals surface area (Å²) in [5.41, 5.74) is 1.37. The SMILES string of the molecule is C[C@@H](NC(=O)c1ccc2c(n1)N(C(=O)Nc1ncc3[nH]cnc3n1)C1CCN2C1)C(F)(F)F. The number of H-pyrrole nitrogens is 1. The fourth-order valence-corrected chi connectivity index (χ4v) is 3.90. The van der Waals surface area contributed by atoms with E-state index in [4.69, 9.17) is 0 Å². The molecule has 33 heavy (non-hydrogen) atoms. The molecule has 5 heterocycles. The first-order valence-corrected chi connectivity index (χ1v) is 10.1. The first kappa shape index (κ1) is 20.9. The number of nitrogens with one attached hydrogen (secondary N) is 3. The van der Waals surface area contributed by atoms with Crippen molar-refractivity contribution in [3.63, 3.8) is 0 Å². The summed E-state index contributed by atoms with van der Waals surface area (Å²) in [7, 11) is 0. The van der Waals surface area contributed by atoms with Gasteiger partial charge in [-0.2, -0.15) is 18.2 Å². The van der Waals surface area contributed by atoms with E-state index in [-0.39, 0.29) is 23.5 Å².